The Bertz CT molecular complexity index is 1000. The van der Waals surface area contributed by atoms with Crippen LogP contribution in [0, 0.1) is 12.8 Å². The van der Waals surface area contributed by atoms with Crippen LogP contribution in [0.1, 0.15) is 62.6 Å². The van der Waals surface area contributed by atoms with Crippen molar-refractivity contribution in [2.75, 3.05) is 18.1 Å². The smallest absolute Gasteiger partial charge is 0.408 e. The van der Waals surface area contributed by atoms with Gasteiger partial charge in [0.05, 0.1) is 12.3 Å². The second-order valence-electron chi connectivity index (χ2n) is 8.61. The number of nitrogens with zero attached hydrogens (tertiary/aromatic N) is 4. The molecule has 1 aromatic carbocycles. The van der Waals surface area contributed by atoms with Crippen molar-refractivity contribution in [3.63, 3.8) is 0 Å². The molecule has 1 aromatic heterocycles. The minimum Gasteiger partial charge on any atom is -0.487 e. The van der Waals surface area contributed by atoms with E-state index in [1.807, 2.05) is 33.8 Å². The molecule has 0 N–H and O–H groups in total. The van der Waals surface area contributed by atoms with E-state index in [0.717, 1.165) is 35.2 Å². The van der Waals surface area contributed by atoms with E-state index in [1.165, 1.54) is 6.26 Å². The van der Waals surface area contributed by atoms with Gasteiger partial charge in [-0.1, -0.05) is 25.4 Å². The Morgan fingerprint density at radius 2 is 2.00 bits per heavy atom. The number of alkyl halides is 3. The summed E-state index contributed by atoms with van der Waals surface area (Å²) >= 11 is 0. The normalized spacial score (nSPS) is 23.0. The van der Waals surface area contributed by atoms with Crippen LogP contribution in [0.3, 0.4) is 0 Å². The number of hydrogen-bond donors (Lipinski definition) is 0. The van der Waals surface area contributed by atoms with Crippen molar-refractivity contribution < 1.29 is 22.4 Å². The van der Waals surface area contributed by atoms with Crippen LogP contribution in [0.15, 0.2) is 27.1 Å². The van der Waals surface area contributed by atoms with Crippen molar-refractivity contribution in [3.8, 4) is 5.75 Å². The van der Waals surface area contributed by atoms with Gasteiger partial charge in [-0.05, 0) is 67.7 Å². The maximum atomic E-state index is 14.0. The molecule has 0 aliphatic carbocycles. The van der Waals surface area contributed by atoms with Gasteiger partial charge in [0.25, 0.3) is 5.82 Å². The highest BCUT2D eigenvalue weighted by molar-refractivity contribution is 5.73. The standard InChI is InChI=1S/C23H29F3N4O2/c1-5-14-8-16-9-17(27-28-22-18(31-7-3)12-32-29-22)13(4)20-15(6-2)10-19(23(24,25)26)30(11-14)21(16)20/h9,12,14-15,19H,5-8,10-11H2,1-4H3. The van der Waals surface area contributed by atoms with E-state index < -0.39 is 12.2 Å². The van der Waals surface area contributed by atoms with Crippen molar-refractivity contribution in [2.45, 2.75) is 71.5 Å². The average Bonchev–Trinajstić information content (AvgIpc) is 3.20. The molecule has 174 valence electrons. The van der Waals surface area contributed by atoms with Gasteiger partial charge in [0, 0.05) is 12.2 Å². The molecule has 3 atom stereocenters. The quantitative estimate of drug-likeness (QED) is 0.444. The van der Waals surface area contributed by atoms with Gasteiger partial charge in [0.15, 0.2) is 6.26 Å². The van der Waals surface area contributed by atoms with Gasteiger partial charge in [-0.15, -0.1) is 10.2 Å². The van der Waals surface area contributed by atoms with Gasteiger partial charge in [-0.2, -0.15) is 13.2 Å². The van der Waals surface area contributed by atoms with Crippen LogP contribution in [-0.2, 0) is 6.42 Å². The summed E-state index contributed by atoms with van der Waals surface area (Å²) in [5, 5.41) is 12.5. The average molecular weight is 451 g/mol. The first-order valence-electron chi connectivity index (χ1n) is 11.3. The lowest BCUT2D eigenvalue weighted by atomic mass is 9.75. The summed E-state index contributed by atoms with van der Waals surface area (Å²) in [4.78, 5) is 1.62. The van der Waals surface area contributed by atoms with Crippen molar-refractivity contribution in [1.29, 1.82) is 0 Å². The number of anilines is 1. The second kappa shape index (κ2) is 8.75. The Balaban J connectivity index is 1.82. The van der Waals surface area contributed by atoms with Gasteiger partial charge >= 0.3 is 6.18 Å². The molecule has 0 fully saturated rings. The SMILES string of the molecule is CCOc1conc1N=Nc1cc2c3c(c1C)C(CC)CC(C(F)(F)F)N3CC(CC)C2. The molecule has 2 aliphatic heterocycles. The molecule has 3 heterocycles. The lowest BCUT2D eigenvalue weighted by Gasteiger charge is -2.48. The van der Waals surface area contributed by atoms with Crippen LogP contribution >= 0.6 is 0 Å². The van der Waals surface area contributed by atoms with Crippen molar-refractivity contribution in [1.82, 2.24) is 5.16 Å². The monoisotopic (exact) mass is 450 g/mol. The fourth-order valence-electron chi connectivity index (χ4n) is 5.07. The largest absolute Gasteiger partial charge is 0.487 e. The van der Waals surface area contributed by atoms with Gasteiger partial charge in [-0.3, -0.25) is 0 Å². The first-order valence-corrected chi connectivity index (χ1v) is 11.3. The van der Waals surface area contributed by atoms with Crippen LogP contribution in [-0.4, -0.2) is 30.5 Å². The third-order valence-corrected chi connectivity index (χ3v) is 6.72. The van der Waals surface area contributed by atoms with E-state index >= 15 is 0 Å². The predicted octanol–water partition coefficient (Wildman–Crippen LogP) is 7.01. The molecule has 32 heavy (non-hydrogen) atoms. The van der Waals surface area contributed by atoms with Crippen molar-refractivity contribution in [2.24, 2.45) is 16.1 Å². The first kappa shape index (κ1) is 22.6. The molecule has 0 saturated heterocycles. The topological polar surface area (TPSA) is 63.2 Å². The van der Waals surface area contributed by atoms with E-state index in [0.29, 0.717) is 31.0 Å². The maximum Gasteiger partial charge on any atom is 0.408 e. The van der Waals surface area contributed by atoms with E-state index in [-0.39, 0.29) is 24.1 Å². The Hall–Kier alpha value is -2.58. The molecular weight excluding hydrogens is 421 g/mol. The summed E-state index contributed by atoms with van der Waals surface area (Å²) in [6.07, 6.45) is -0.602. The molecule has 3 unspecified atom stereocenters. The summed E-state index contributed by atoms with van der Waals surface area (Å²) in [5.41, 5.74) is 4.21. The zero-order valence-electron chi connectivity index (χ0n) is 18.9. The zero-order valence-corrected chi connectivity index (χ0v) is 18.9. The minimum atomic E-state index is -4.26. The van der Waals surface area contributed by atoms with Gasteiger partial charge in [-0.25, -0.2) is 0 Å². The summed E-state index contributed by atoms with van der Waals surface area (Å²) in [6, 6.07) is 0.460. The molecule has 0 bridgehead atoms. The highest BCUT2D eigenvalue weighted by Crippen LogP contribution is 2.52. The third-order valence-electron chi connectivity index (χ3n) is 6.72. The zero-order chi connectivity index (χ0) is 23.0. The second-order valence-corrected chi connectivity index (χ2v) is 8.61. The van der Waals surface area contributed by atoms with Crippen molar-refractivity contribution in [3.05, 3.63) is 29.0 Å². The number of hydrogen-bond acceptors (Lipinski definition) is 6. The molecule has 9 heteroatoms. The van der Waals surface area contributed by atoms with Gasteiger partial charge < -0.3 is 14.2 Å². The molecule has 0 amide bonds. The van der Waals surface area contributed by atoms with E-state index in [4.69, 9.17) is 9.26 Å². The number of benzene rings is 1. The third kappa shape index (κ3) is 3.97. The molecule has 6 nitrogen and oxygen atoms in total. The molecule has 2 aromatic rings. The lowest BCUT2D eigenvalue weighted by Crippen LogP contribution is -2.53. The van der Waals surface area contributed by atoms with Gasteiger partial charge in [0.1, 0.15) is 6.04 Å². The Kier molecular flexibility index (Phi) is 6.18. The number of halogens is 3. The van der Waals surface area contributed by atoms with Crippen LogP contribution < -0.4 is 9.64 Å². The molecular formula is C23H29F3N4O2. The Labute approximate surface area is 185 Å². The molecule has 0 spiro atoms. The van der Waals surface area contributed by atoms with Crippen molar-refractivity contribution >= 4 is 17.2 Å². The van der Waals surface area contributed by atoms with Crippen LogP contribution in [0.4, 0.5) is 30.4 Å². The van der Waals surface area contributed by atoms with E-state index in [2.05, 4.69) is 15.4 Å². The number of aromatic nitrogens is 1. The lowest BCUT2D eigenvalue weighted by molar-refractivity contribution is -0.153. The predicted molar refractivity (Wildman–Crippen MR) is 115 cm³/mol. The highest BCUT2D eigenvalue weighted by Gasteiger charge is 2.50. The summed E-state index contributed by atoms with van der Waals surface area (Å²) in [6.45, 7) is 8.65. The molecule has 4 rings (SSSR count). The minimum absolute atomic E-state index is 0.0715. The number of azo groups is 1. The highest BCUT2D eigenvalue weighted by atomic mass is 19.4. The number of ether oxygens (including phenoxy) is 1. The first-order chi connectivity index (χ1) is 15.3. The van der Waals surface area contributed by atoms with E-state index in [9.17, 15) is 13.2 Å². The van der Waals surface area contributed by atoms with E-state index in [1.54, 1.807) is 4.90 Å². The fraction of sp³-hybridized carbons (Fsp3) is 0.609. The van der Waals surface area contributed by atoms with Crippen LogP contribution in [0.2, 0.25) is 0 Å². The summed E-state index contributed by atoms with van der Waals surface area (Å²) in [5.74, 6) is 0.650. The van der Waals surface area contributed by atoms with Crippen LogP contribution in [0.25, 0.3) is 0 Å². The molecule has 0 radical (unpaired) electrons. The Morgan fingerprint density at radius 3 is 2.66 bits per heavy atom. The maximum absolute atomic E-state index is 14.0. The van der Waals surface area contributed by atoms with Gasteiger partial charge in [0.2, 0.25) is 5.75 Å². The molecule has 2 aliphatic rings. The summed E-state index contributed by atoms with van der Waals surface area (Å²) < 4.78 is 52.5. The summed E-state index contributed by atoms with van der Waals surface area (Å²) in [7, 11) is 0. The van der Waals surface area contributed by atoms with Crippen LogP contribution in [0.5, 0.6) is 5.75 Å². The fourth-order valence-corrected chi connectivity index (χ4v) is 5.07. The number of rotatable bonds is 6. The Morgan fingerprint density at radius 1 is 1.22 bits per heavy atom. The molecule has 0 saturated carbocycles.